The van der Waals surface area contributed by atoms with Crippen molar-refractivity contribution in [2.24, 2.45) is 17.3 Å². The lowest BCUT2D eigenvalue weighted by Crippen LogP contribution is -2.41. The van der Waals surface area contributed by atoms with Crippen LogP contribution in [0.25, 0.3) is 0 Å². The van der Waals surface area contributed by atoms with E-state index < -0.39 is 23.2 Å². The number of carbonyl (C=O) groups is 2. The van der Waals surface area contributed by atoms with Gasteiger partial charge in [-0.25, -0.2) is 0 Å². The molecule has 0 bridgehead atoms. The predicted octanol–water partition coefficient (Wildman–Crippen LogP) is 1.92. The first kappa shape index (κ1) is 16.9. The second-order valence-electron chi connectivity index (χ2n) is 7.93. The first-order valence-corrected chi connectivity index (χ1v) is 8.66. The first-order valence-electron chi connectivity index (χ1n) is 8.66. The van der Waals surface area contributed by atoms with Gasteiger partial charge in [0.25, 0.3) is 0 Å². The zero-order chi connectivity index (χ0) is 17.6. The Morgan fingerprint density at radius 2 is 2.04 bits per heavy atom. The number of likely N-dealkylation sites (tertiary alicyclic amines) is 1. The van der Waals surface area contributed by atoms with E-state index in [1.165, 1.54) is 0 Å². The summed E-state index contributed by atoms with van der Waals surface area (Å²) in [5.74, 6) is -0.773. The summed E-state index contributed by atoms with van der Waals surface area (Å²) in [6, 6.07) is 0.278. The lowest BCUT2D eigenvalue weighted by molar-refractivity contribution is -0.142. The Morgan fingerprint density at radius 1 is 1.33 bits per heavy atom. The Kier molecular flexibility index (Phi) is 4.13. The topological polar surface area (TPSA) is 88.3 Å². The molecule has 1 aromatic heterocycles. The molecule has 3 atom stereocenters. The second-order valence-corrected chi connectivity index (χ2v) is 7.93. The van der Waals surface area contributed by atoms with Crippen LogP contribution < -0.4 is 0 Å². The molecule has 7 heteroatoms. The highest BCUT2D eigenvalue weighted by molar-refractivity contribution is 5.91. The van der Waals surface area contributed by atoms with E-state index in [-0.39, 0.29) is 17.9 Å². The third kappa shape index (κ3) is 2.70. The molecule has 3 rings (SSSR count). The predicted molar refractivity (Wildman–Crippen MR) is 87.4 cm³/mol. The molecule has 1 amide bonds. The van der Waals surface area contributed by atoms with Gasteiger partial charge in [0.05, 0.1) is 11.8 Å². The molecular weight excluding hydrogens is 308 g/mol. The van der Waals surface area contributed by atoms with Gasteiger partial charge in [0.1, 0.15) is 12.2 Å². The summed E-state index contributed by atoms with van der Waals surface area (Å²) in [5, 5.41) is 17.6. The van der Waals surface area contributed by atoms with Gasteiger partial charge in [0, 0.05) is 25.0 Å². The van der Waals surface area contributed by atoms with Crippen molar-refractivity contribution in [3.8, 4) is 0 Å². The van der Waals surface area contributed by atoms with Crippen molar-refractivity contribution in [2.75, 3.05) is 13.1 Å². The quantitative estimate of drug-likeness (QED) is 0.909. The molecule has 0 radical (unpaired) electrons. The Bertz CT molecular complexity index is 652. The van der Waals surface area contributed by atoms with Gasteiger partial charge in [-0.05, 0) is 32.1 Å². The number of aromatic nitrogens is 3. The highest BCUT2D eigenvalue weighted by atomic mass is 16.4. The van der Waals surface area contributed by atoms with Crippen LogP contribution in [0.3, 0.4) is 0 Å². The molecule has 2 heterocycles. The van der Waals surface area contributed by atoms with Crippen LogP contribution in [-0.4, -0.2) is 49.7 Å². The van der Waals surface area contributed by atoms with E-state index in [1.807, 2.05) is 18.7 Å². The Labute approximate surface area is 142 Å². The van der Waals surface area contributed by atoms with Gasteiger partial charge >= 0.3 is 5.97 Å². The van der Waals surface area contributed by atoms with Crippen LogP contribution in [0.5, 0.6) is 0 Å². The van der Waals surface area contributed by atoms with E-state index in [4.69, 9.17) is 0 Å². The summed E-state index contributed by atoms with van der Waals surface area (Å²) in [7, 11) is 0. The fourth-order valence-corrected chi connectivity index (χ4v) is 4.09. The van der Waals surface area contributed by atoms with Crippen molar-refractivity contribution in [3.05, 3.63) is 12.2 Å². The van der Waals surface area contributed by atoms with E-state index in [0.29, 0.717) is 13.1 Å². The lowest BCUT2D eigenvalue weighted by atomic mass is 9.96. The SMILES string of the molecule is CC(C)n1cnnc1C1CCCN(C(=O)[C@@H]2[C@H](C(=O)O)C2(C)C)C1. The van der Waals surface area contributed by atoms with E-state index in [0.717, 1.165) is 18.7 Å². The molecule has 1 unspecified atom stereocenters. The van der Waals surface area contributed by atoms with Gasteiger partial charge in [-0.2, -0.15) is 0 Å². The molecule has 132 valence electrons. The van der Waals surface area contributed by atoms with Crippen molar-refractivity contribution >= 4 is 11.9 Å². The standard InChI is InChI=1S/C17H26N4O3/c1-10(2)21-9-18-19-14(21)11-6-5-7-20(8-11)15(22)12-13(16(23)24)17(12,3)4/h9-13H,5-8H2,1-4H3,(H,23,24)/t11?,12-,13+/m0/s1. The molecule has 2 fully saturated rings. The average Bonchev–Trinajstić information content (AvgIpc) is 2.88. The van der Waals surface area contributed by atoms with Crippen LogP contribution in [0.2, 0.25) is 0 Å². The van der Waals surface area contributed by atoms with Crippen LogP contribution in [0.4, 0.5) is 0 Å². The molecule has 7 nitrogen and oxygen atoms in total. The lowest BCUT2D eigenvalue weighted by Gasteiger charge is -2.33. The summed E-state index contributed by atoms with van der Waals surface area (Å²) < 4.78 is 2.06. The smallest absolute Gasteiger partial charge is 0.307 e. The van der Waals surface area contributed by atoms with Gasteiger partial charge in [0.15, 0.2) is 0 Å². The molecule has 1 saturated heterocycles. The molecule has 1 aliphatic carbocycles. The Balaban J connectivity index is 1.73. The van der Waals surface area contributed by atoms with Crippen LogP contribution in [0, 0.1) is 17.3 Å². The number of aliphatic carboxylic acids is 1. The van der Waals surface area contributed by atoms with Crippen LogP contribution >= 0.6 is 0 Å². The Hall–Kier alpha value is -1.92. The number of rotatable bonds is 4. The average molecular weight is 334 g/mol. The minimum absolute atomic E-state index is 0.0206. The minimum atomic E-state index is -0.869. The normalized spacial score (nSPS) is 28.9. The third-order valence-electron chi connectivity index (χ3n) is 5.61. The molecule has 24 heavy (non-hydrogen) atoms. The summed E-state index contributed by atoms with van der Waals surface area (Å²) in [6.45, 7) is 9.20. The van der Waals surface area contributed by atoms with Gasteiger partial charge in [0.2, 0.25) is 5.91 Å². The Morgan fingerprint density at radius 3 is 2.62 bits per heavy atom. The maximum Gasteiger partial charge on any atom is 0.307 e. The molecule has 0 spiro atoms. The monoisotopic (exact) mass is 334 g/mol. The van der Waals surface area contributed by atoms with Crippen molar-refractivity contribution in [3.63, 3.8) is 0 Å². The van der Waals surface area contributed by atoms with E-state index in [9.17, 15) is 14.7 Å². The van der Waals surface area contributed by atoms with Crippen LogP contribution in [0.15, 0.2) is 6.33 Å². The molecular formula is C17H26N4O3. The highest BCUT2D eigenvalue weighted by Gasteiger charge is 2.66. The van der Waals surface area contributed by atoms with Crippen molar-refractivity contribution in [2.45, 2.75) is 52.5 Å². The molecule has 1 N–H and O–H groups in total. The minimum Gasteiger partial charge on any atom is -0.481 e. The fraction of sp³-hybridized carbons (Fsp3) is 0.765. The maximum absolute atomic E-state index is 12.8. The number of amides is 1. The molecule has 1 aliphatic heterocycles. The van der Waals surface area contributed by atoms with Crippen LogP contribution in [0.1, 0.15) is 58.3 Å². The van der Waals surface area contributed by atoms with Gasteiger partial charge in [-0.15, -0.1) is 10.2 Å². The molecule has 1 aromatic rings. The molecule has 2 aliphatic rings. The van der Waals surface area contributed by atoms with E-state index >= 15 is 0 Å². The van der Waals surface area contributed by atoms with E-state index in [1.54, 1.807) is 6.33 Å². The zero-order valence-corrected chi connectivity index (χ0v) is 14.8. The van der Waals surface area contributed by atoms with Gasteiger partial charge < -0.3 is 14.6 Å². The number of nitrogens with zero attached hydrogens (tertiary/aromatic N) is 4. The number of carboxylic acid groups (broad SMARTS) is 1. The number of carboxylic acids is 1. The van der Waals surface area contributed by atoms with Gasteiger partial charge in [-0.1, -0.05) is 13.8 Å². The summed E-state index contributed by atoms with van der Waals surface area (Å²) in [5.41, 5.74) is -0.451. The molecule has 1 saturated carbocycles. The third-order valence-corrected chi connectivity index (χ3v) is 5.61. The first-order chi connectivity index (χ1) is 11.2. The number of carbonyl (C=O) groups excluding carboxylic acids is 1. The van der Waals surface area contributed by atoms with Crippen molar-refractivity contribution in [1.29, 1.82) is 0 Å². The fourth-order valence-electron chi connectivity index (χ4n) is 4.09. The summed E-state index contributed by atoms with van der Waals surface area (Å²) >= 11 is 0. The summed E-state index contributed by atoms with van der Waals surface area (Å²) in [6.07, 6.45) is 3.63. The zero-order valence-electron chi connectivity index (χ0n) is 14.8. The summed E-state index contributed by atoms with van der Waals surface area (Å²) in [4.78, 5) is 26.0. The van der Waals surface area contributed by atoms with Gasteiger partial charge in [-0.3, -0.25) is 9.59 Å². The largest absolute Gasteiger partial charge is 0.481 e. The van der Waals surface area contributed by atoms with Crippen molar-refractivity contribution < 1.29 is 14.7 Å². The highest BCUT2D eigenvalue weighted by Crippen LogP contribution is 2.59. The second kappa shape index (κ2) is 5.86. The molecule has 0 aromatic carbocycles. The number of piperidine rings is 1. The van der Waals surface area contributed by atoms with E-state index in [2.05, 4.69) is 28.6 Å². The maximum atomic E-state index is 12.8. The van der Waals surface area contributed by atoms with Crippen molar-refractivity contribution in [1.82, 2.24) is 19.7 Å². The van der Waals surface area contributed by atoms with Crippen LogP contribution in [-0.2, 0) is 9.59 Å². The number of hydrogen-bond donors (Lipinski definition) is 1. The number of hydrogen-bond acceptors (Lipinski definition) is 4.